The molecule has 1 heterocycles. The molecule has 3 rings (SSSR count). The standard InChI is InChI=1S/C20H22ClNO5/c1-4-27-20(25)17-10(2)22-13-6-5-7-14(23)19(13)18(17)11-8-16(26-3)15(24)9-12(11)21/h6,8-9,18-19,22,24H,4-5,7H2,1-3H3. The van der Waals surface area contributed by atoms with Gasteiger partial charge in [0.1, 0.15) is 5.78 Å². The van der Waals surface area contributed by atoms with Crippen molar-refractivity contribution in [1.82, 2.24) is 5.32 Å². The van der Waals surface area contributed by atoms with E-state index in [2.05, 4.69) is 5.32 Å². The molecule has 2 unspecified atom stereocenters. The number of phenols is 1. The van der Waals surface area contributed by atoms with Crippen molar-refractivity contribution in [2.45, 2.75) is 32.6 Å². The van der Waals surface area contributed by atoms with Gasteiger partial charge in [0.25, 0.3) is 0 Å². The Hall–Kier alpha value is -2.47. The van der Waals surface area contributed by atoms with Crippen LogP contribution >= 0.6 is 11.6 Å². The quantitative estimate of drug-likeness (QED) is 0.765. The fraction of sp³-hybridized carbons (Fsp3) is 0.400. The molecule has 0 bridgehead atoms. The van der Waals surface area contributed by atoms with Crippen molar-refractivity contribution >= 4 is 23.4 Å². The number of carbonyl (C=O) groups excluding carboxylic acids is 2. The highest BCUT2D eigenvalue weighted by Gasteiger charge is 2.44. The highest BCUT2D eigenvalue weighted by atomic mass is 35.5. The number of fused-ring (bicyclic) bond motifs is 1. The van der Waals surface area contributed by atoms with Gasteiger partial charge in [-0.15, -0.1) is 0 Å². The molecule has 0 aromatic heterocycles. The molecule has 0 radical (unpaired) electrons. The maximum atomic E-state index is 12.8. The second-order valence-electron chi connectivity index (χ2n) is 6.55. The molecule has 0 saturated carbocycles. The molecule has 144 valence electrons. The number of Topliss-reactive ketones (excluding diaryl/α,β-unsaturated/α-hetero) is 1. The van der Waals surface area contributed by atoms with E-state index in [0.717, 1.165) is 5.70 Å². The lowest BCUT2D eigenvalue weighted by molar-refractivity contribution is -0.139. The van der Waals surface area contributed by atoms with Crippen molar-refractivity contribution in [2.75, 3.05) is 13.7 Å². The molecule has 2 aliphatic rings. The molecule has 1 aliphatic carbocycles. The smallest absolute Gasteiger partial charge is 0.336 e. The molecule has 0 amide bonds. The molecule has 2 atom stereocenters. The van der Waals surface area contributed by atoms with Gasteiger partial charge >= 0.3 is 5.97 Å². The Kier molecular flexibility index (Phi) is 5.46. The predicted molar refractivity (Wildman–Crippen MR) is 101 cm³/mol. The Morgan fingerprint density at radius 2 is 2.11 bits per heavy atom. The van der Waals surface area contributed by atoms with Gasteiger partial charge in [0.05, 0.1) is 25.2 Å². The van der Waals surface area contributed by atoms with Crippen molar-refractivity contribution in [1.29, 1.82) is 0 Å². The van der Waals surface area contributed by atoms with Gasteiger partial charge in [-0.25, -0.2) is 4.79 Å². The summed E-state index contributed by atoms with van der Waals surface area (Å²) in [5, 5.41) is 13.5. The molecule has 1 aliphatic heterocycles. The number of methoxy groups -OCH3 is 1. The summed E-state index contributed by atoms with van der Waals surface area (Å²) in [5.41, 5.74) is 2.30. The van der Waals surface area contributed by atoms with Crippen LogP contribution in [0.1, 0.15) is 38.2 Å². The summed E-state index contributed by atoms with van der Waals surface area (Å²) >= 11 is 6.42. The first-order valence-corrected chi connectivity index (χ1v) is 9.20. The molecule has 27 heavy (non-hydrogen) atoms. The second kappa shape index (κ2) is 7.64. The third kappa shape index (κ3) is 3.41. The van der Waals surface area contributed by atoms with Crippen LogP contribution in [0.3, 0.4) is 0 Å². The van der Waals surface area contributed by atoms with E-state index in [1.165, 1.54) is 13.2 Å². The van der Waals surface area contributed by atoms with Crippen LogP contribution in [-0.4, -0.2) is 30.6 Å². The minimum atomic E-state index is -0.619. The van der Waals surface area contributed by atoms with E-state index in [1.54, 1.807) is 19.9 Å². The summed E-state index contributed by atoms with van der Waals surface area (Å²) in [4.78, 5) is 25.5. The first kappa shape index (κ1) is 19.3. The van der Waals surface area contributed by atoms with Crippen molar-refractivity contribution < 1.29 is 24.2 Å². The van der Waals surface area contributed by atoms with Gasteiger partial charge < -0.3 is 19.9 Å². The van der Waals surface area contributed by atoms with Gasteiger partial charge in [0.2, 0.25) is 0 Å². The highest BCUT2D eigenvalue weighted by molar-refractivity contribution is 6.31. The number of hydrogen-bond donors (Lipinski definition) is 2. The van der Waals surface area contributed by atoms with E-state index in [0.29, 0.717) is 29.7 Å². The molecule has 0 spiro atoms. The number of hydrogen-bond acceptors (Lipinski definition) is 6. The van der Waals surface area contributed by atoms with Gasteiger partial charge in [-0.2, -0.15) is 0 Å². The van der Waals surface area contributed by atoms with Crippen LogP contribution in [0, 0.1) is 5.92 Å². The van der Waals surface area contributed by atoms with E-state index in [4.69, 9.17) is 21.1 Å². The molecular weight excluding hydrogens is 370 g/mol. The number of benzene rings is 1. The van der Waals surface area contributed by atoms with Crippen molar-refractivity contribution in [3.05, 3.63) is 45.8 Å². The van der Waals surface area contributed by atoms with Crippen LogP contribution < -0.4 is 10.1 Å². The average Bonchev–Trinajstić information content (AvgIpc) is 2.61. The van der Waals surface area contributed by atoms with Gasteiger partial charge in [-0.1, -0.05) is 17.7 Å². The zero-order valence-electron chi connectivity index (χ0n) is 15.5. The zero-order chi connectivity index (χ0) is 19.7. The van der Waals surface area contributed by atoms with Gasteiger partial charge in [-0.3, -0.25) is 4.79 Å². The molecule has 1 aromatic carbocycles. The largest absolute Gasteiger partial charge is 0.504 e. The first-order valence-electron chi connectivity index (χ1n) is 8.83. The third-order valence-corrected chi connectivity index (χ3v) is 5.27. The van der Waals surface area contributed by atoms with Crippen LogP contribution in [0.4, 0.5) is 0 Å². The topological polar surface area (TPSA) is 84.9 Å². The van der Waals surface area contributed by atoms with Gasteiger partial charge in [0.15, 0.2) is 11.5 Å². The van der Waals surface area contributed by atoms with Crippen molar-refractivity contribution in [2.24, 2.45) is 5.92 Å². The Morgan fingerprint density at radius 1 is 1.37 bits per heavy atom. The Labute approximate surface area is 162 Å². The number of aromatic hydroxyl groups is 1. The number of carbonyl (C=O) groups is 2. The van der Waals surface area contributed by atoms with Crippen LogP contribution in [-0.2, 0) is 14.3 Å². The Morgan fingerprint density at radius 3 is 2.78 bits per heavy atom. The summed E-state index contributed by atoms with van der Waals surface area (Å²) in [6.07, 6.45) is 3.03. The number of rotatable bonds is 4. The number of ketones is 1. The summed E-state index contributed by atoms with van der Waals surface area (Å²) < 4.78 is 10.5. The Bertz CT molecular complexity index is 858. The molecule has 1 aromatic rings. The van der Waals surface area contributed by atoms with Crippen LogP contribution in [0.15, 0.2) is 35.2 Å². The highest BCUT2D eigenvalue weighted by Crippen LogP contribution is 2.47. The second-order valence-corrected chi connectivity index (χ2v) is 6.96. The molecule has 2 N–H and O–H groups in total. The Balaban J connectivity index is 2.24. The number of nitrogens with one attached hydrogen (secondary N) is 1. The molecule has 0 saturated heterocycles. The van der Waals surface area contributed by atoms with Crippen LogP contribution in [0.5, 0.6) is 11.5 Å². The number of allylic oxidation sites excluding steroid dienone is 3. The average molecular weight is 392 g/mol. The monoisotopic (exact) mass is 391 g/mol. The third-order valence-electron chi connectivity index (χ3n) is 4.95. The number of phenolic OH excluding ortho intramolecular Hbond substituents is 1. The number of halogens is 1. The summed E-state index contributed by atoms with van der Waals surface area (Å²) in [6.45, 7) is 3.73. The maximum Gasteiger partial charge on any atom is 0.336 e. The number of ether oxygens (including phenoxy) is 2. The minimum absolute atomic E-state index is 0.0300. The van der Waals surface area contributed by atoms with E-state index < -0.39 is 17.8 Å². The van der Waals surface area contributed by atoms with E-state index in [9.17, 15) is 14.7 Å². The lowest BCUT2D eigenvalue weighted by atomic mass is 9.71. The van der Waals surface area contributed by atoms with Crippen molar-refractivity contribution in [3.8, 4) is 11.5 Å². The van der Waals surface area contributed by atoms with Gasteiger partial charge in [0, 0.05) is 34.8 Å². The zero-order valence-corrected chi connectivity index (χ0v) is 16.2. The van der Waals surface area contributed by atoms with E-state index >= 15 is 0 Å². The van der Waals surface area contributed by atoms with Gasteiger partial charge in [-0.05, 0) is 31.9 Å². The van der Waals surface area contributed by atoms with E-state index in [1.807, 2.05) is 6.08 Å². The summed E-state index contributed by atoms with van der Waals surface area (Å²) in [7, 11) is 1.43. The molecule has 0 fully saturated rings. The maximum absolute atomic E-state index is 12.8. The number of esters is 1. The molecular formula is C20H22ClNO5. The lowest BCUT2D eigenvalue weighted by Gasteiger charge is -2.38. The van der Waals surface area contributed by atoms with E-state index in [-0.39, 0.29) is 28.9 Å². The summed E-state index contributed by atoms with van der Waals surface area (Å²) in [5.74, 6) is -1.53. The fourth-order valence-electron chi connectivity index (χ4n) is 3.79. The van der Waals surface area contributed by atoms with Crippen molar-refractivity contribution in [3.63, 3.8) is 0 Å². The minimum Gasteiger partial charge on any atom is -0.504 e. The summed E-state index contributed by atoms with van der Waals surface area (Å²) in [6, 6.07) is 2.95. The first-order chi connectivity index (χ1) is 12.9. The van der Waals surface area contributed by atoms with Crippen LogP contribution in [0.25, 0.3) is 0 Å². The van der Waals surface area contributed by atoms with Crippen LogP contribution in [0.2, 0.25) is 5.02 Å². The lowest BCUT2D eigenvalue weighted by Crippen LogP contribution is -2.40. The fourth-order valence-corrected chi connectivity index (χ4v) is 4.06. The predicted octanol–water partition coefficient (Wildman–Crippen LogP) is 3.44. The molecule has 7 heteroatoms. The normalized spacial score (nSPS) is 21.9. The molecule has 6 nitrogen and oxygen atoms in total. The SMILES string of the molecule is CCOC(=O)C1=C(C)NC2=CCCC(=O)C2C1c1cc(OC)c(O)cc1Cl.